The molecule has 0 heterocycles. The van der Waals surface area contributed by atoms with Gasteiger partial charge in [0.25, 0.3) is 0 Å². The number of Topliss-reactive ketones (excluding diaryl/α,β-unsaturated/α-hetero) is 3. The maximum absolute atomic E-state index is 13.0. The van der Waals surface area contributed by atoms with Crippen LogP contribution in [-0.2, 0) is 35.1 Å². The molecule has 9 heteroatoms. The van der Waals surface area contributed by atoms with Gasteiger partial charge < -0.3 is 15.6 Å². The van der Waals surface area contributed by atoms with Crippen LogP contribution in [0.25, 0.3) is 5.53 Å². The van der Waals surface area contributed by atoms with E-state index in [1.54, 1.807) is 34.6 Å². The van der Waals surface area contributed by atoms with Crippen molar-refractivity contribution < 1.29 is 33.5 Å². The second kappa shape index (κ2) is 13.5. The van der Waals surface area contributed by atoms with E-state index in [-0.39, 0.29) is 43.0 Å². The largest absolute Gasteiger partial charge is 0.464 e. The number of nitrogens with zero attached hydrogens (tertiary/aromatic N) is 2. The summed E-state index contributed by atoms with van der Waals surface area (Å²) in [6.07, 6.45) is 1.63. The lowest BCUT2D eigenvalue weighted by atomic mass is 9.71. The number of hydrogen-bond donors (Lipinski definition) is 1. The number of carbonyl (C=O) groups excluding carboxylic acids is 5. The second-order valence-electron chi connectivity index (χ2n) is 10.1. The minimum Gasteiger partial charge on any atom is -0.464 e. The molecule has 1 unspecified atom stereocenters. The molecule has 1 atom stereocenters. The smallest absolute Gasteiger partial charge is 0.328 e. The van der Waals surface area contributed by atoms with Gasteiger partial charge in [-0.3, -0.25) is 19.2 Å². The minimum absolute atomic E-state index is 0.0608. The molecular formula is C29H35N3O6. The monoisotopic (exact) mass is 521 g/mol. The predicted octanol–water partition coefficient (Wildman–Crippen LogP) is 3.52. The van der Waals surface area contributed by atoms with Crippen LogP contribution in [-0.4, -0.2) is 52.9 Å². The number of carbonyl (C=O) groups is 5. The van der Waals surface area contributed by atoms with Crippen molar-refractivity contribution in [1.29, 1.82) is 0 Å². The van der Waals surface area contributed by atoms with Crippen LogP contribution in [0.3, 0.4) is 0 Å². The van der Waals surface area contributed by atoms with E-state index in [4.69, 9.17) is 10.3 Å². The Morgan fingerprint density at radius 1 is 1.03 bits per heavy atom. The highest BCUT2D eigenvalue weighted by Crippen LogP contribution is 2.38. The van der Waals surface area contributed by atoms with Crippen LogP contribution in [0.4, 0.5) is 0 Å². The summed E-state index contributed by atoms with van der Waals surface area (Å²) in [7, 11) is 0. The molecule has 202 valence electrons. The zero-order chi connectivity index (χ0) is 28.5. The van der Waals surface area contributed by atoms with Crippen LogP contribution >= 0.6 is 0 Å². The maximum Gasteiger partial charge on any atom is 0.328 e. The van der Waals surface area contributed by atoms with E-state index in [2.05, 4.69) is 10.1 Å². The molecule has 0 bridgehead atoms. The van der Waals surface area contributed by atoms with Gasteiger partial charge in [-0.2, -0.15) is 4.79 Å². The third kappa shape index (κ3) is 8.02. The number of rotatable bonds is 13. The van der Waals surface area contributed by atoms with E-state index in [1.807, 2.05) is 30.3 Å². The van der Waals surface area contributed by atoms with Crippen molar-refractivity contribution in [3.63, 3.8) is 0 Å². The second-order valence-corrected chi connectivity index (χ2v) is 10.1. The molecule has 0 saturated carbocycles. The molecule has 1 amide bonds. The lowest BCUT2D eigenvalue weighted by Gasteiger charge is -2.31. The summed E-state index contributed by atoms with van der Waals surface area (Å²) < 4.78 is 5.38. The molecule has 0 aliphatic heterocycles. The Hall–Kier alpha value is -3.97. The van der Waals surface area contributed by atoms with Crippen LogP contribution < -0.4 is 5.32 Å². The van der Waals surface area contributed by atoms with E-state index in [9.17, 15) is 24.0 Å². The lowest BCUT2D eigenvalue weighted by molar-refractivity contribution is -0.148. The summed E-state index contributed by atoms with van der Waals surface area (Å²) in [5.74, 6) is -2.25. The van der Waals surface area contributed by atoms with Crippen LogP contribution in [0.5, 0.6) is 0 Å². The van der Waals surface area contributed by atoms with Gasteiger partial charge in [-0.15, -0.1) is 0 Å². The molecule has 0 saturated heterocycles. The number of ketones is 3. The quantitative estimate of drug-likeness (QED) is 0.105. The van der Waals surface area contributed by atoms with Gasteiger partial charge in [-0.25, -0.2) is 4.79 Å². The number of nitrogens with one attached hydrogen (secondary N) is 1. The molecule has 0 aromatic heterocycles. The fourth-order valence-electron chi connectivity index (χ4n) is 4.50. The average Bonchev–Trinajstić information content (AvgIpc) is 2.86. The van der Waals surface area contributed by atoms with Gasteiger partial charge in [0.05, 0.1) is 6.61 Å². The first-order valence-corrected chi connectivity index (χ1v) is 12.6. The Labute approximate surface area is 222 Å². The predicted molar refractivity (Wildman–Crippen MR) is 141 cm³/mol. The van der Waals surface area contributed by atoms with Crippen molar-refractivity contribution in [3.05, 3.63) is 63.7 Å². The summed E-state index contributed by atoms with van der Waals surface area (Å²) in [6.45, 7) is 8.30. The Kier molecular flexibility index (Phi) is 10.8. The van der Waals surface area contributed by atoms with E-state index >= 15 is 0 Å². The van der Waals surface area contributed by atoms with Crippen LogP contribution in [0, 0.1) is 5.41 Å². The van der Waals surface area contributed by atoms with Gasteiger partial charge in [0.2, 0.25) is 11.7 Å². The maximum atomic E-state index is 13.0. The van der Waals surface area contributed by atoms with Gasteiger partial charge in [-0.1, -0.05) is 44.2 Å². The first-order valence-electron chi connectivity index (χ1n) is 12.6. The molecule has 1 aromatic rings. The molecule has 38 heavy (non-hydrogen) atoms. The van der Waals surface area contributed by atoms with Crippen molar-refractivity contribution >= 4 is 35.4 Å². The van der Waals surface area contributed by atoms with Gasteiger partial charge >= 0.3 is 12.2 Å². The van der Waals surface area contributed by atoms with Crippen LogP contribution in [0.1, 0.15) is 65.9 Å². The number of benzene rings is 1. The van der Waals surface area contributed by atoms with Crippen molar-refractivity contribution in [2.75, 3.05) is 6.61 Å². The Balaban J connectivity index is 2.09. The Bertz CT molecular complexity index is 1220. The number of ether oxygens (including phenoxy) is 1. The van der Waals surface area contributed by atoms with Crippen molar-refractivity contribution in [2.24, 2.45) is 5.41 Å². The fourth-order valence-corrected chi connectivity index (χ4v) is 4.50. The molecule has 0 radical (unpaired) electrons. The SMILES string of the molecule is CC1=C(C)C(=O)C(C(C)(C)CC(=O)NC(CCC(=O)C=[N+]=[N-])C(=O)OCCCc2ccccc2)=C(C)C1=O. The van der Waals surface area contributed by atoms with E-state index in [0.29, 0.717) is 29.6 Å². The zero-order valence-corrected chi connectivity index (χ0v) is 22.6. The molecule has 1 aromatic carbocycles. The summed E-state index contributed by atoms with van der Waals surface area (Å²) in [6, 6.07) is 8.60. The standard InChI is InChI=1S/C29H35N3O6/c1-18-19(2)27(36)25(20(3)26(18)35)29(4,5)16-24(34)32-23(14-13-22(33)17-31-30)28(37)38-15-9-12-21-10-7-6-8-11-21/h6-8,10-11,17,23H,9,12-16H2,1-5H3,(H,32,34). The van der Waals surface area contributed by atoms with E-state index in [0.717, 1.165) is 11.8 Å². The van der Waals surface area contributed by atoms with Gasteiger partial charge in [0, 0.05) is 40.5 Å². The summed E-state index contributed by atoms with van der Waals surface area (Å²) in [5.41, 5.74) is 10.00. The third-order valence-electron chi connectivity index (χ3n) is 6.66. The van der Waals surface area contributed by atoms with E-state index in [1.165, 1.54) is 0 Å². The minimum atomic E-state index is -1.12. The highest BCUT2D eigenvalue weighted by Gasteiger charge is 2.39. The highest BCUT2D eigenvalue weighted by atomic mass is 16.5. The fraction of sp³-hybridized carbons (Fsp3) is 0.448. The number of aryl methyl sites for hydroxylation is 1. The molecule has 2 rings (SSSR count). The molecule has 0 fully saturated rings. The van der Waals surface area contributed by atoms with Crippen molar-refractivity contribution in [1.82, 2.24) is 5.32 Å². The molecule has 9 nitrogen and oxygen atoms in total. The first-order chi connectivity index (χ1) is 17.9. The normalized spacial score (nSPS) is 14.7. The molecule has 1 aliphatic rings. The van der Waals surface area contributed by atoms with Gasteiger partial charge in [-0.05, 0) is 45.6 Å². The van der Waals surface area contributed by atoms with Crippen molar-refractivity contribution in [3.8, 4) is 0 Å². The zero-order valence-electron chi connectivity index (χ0n) is 22.6. The molecule has 1 N–H and O–H groups in total. The Morgan fingerprint density at radius 3 is 2.29 bits per heavy atom. The average molecular weight is 522 g/mol. The van der Waals surface area contributed by atoms with E-state index < -0.39 is 29.1 Å². The number of amides is 1. The van der Waals surface area contributed by atoms with Crippen molar-refractivity contribution in [2.45, 2.75) is 72.8 Å². The molecular weight excluding hydrogens is 486 g/mol. The first kappa shape index (κ1) is 30.3. The third-order valence-corrected chi connectivity index (χ3v) is 6.66. The summed E-state index contributed by atoms with van der Waals surface area (Å²) in [5, 5.41) is 2.63. The number of hydrogen-bond acceptors (Lipinski definition) is 6. The number of esters is 1. The topological polar surface area (TPSA) is 143 Å². The van der Waals surface area contributed by atoms with Gasteiger partial charge in [0.1, 0.15) is 6.04 Å². The summed E-state index contributed by atoms with van der Waals surface area (Å²) in [4.78, 5) is 66.0. The Morgan fingerprint density at radius 2 is 1.66 bits per heavy atom. The summed E-state index contributed by atoms with van der Waals surface area (Å²) >= 11 is 0. The lowest BCUT2D eigenvalue weighted by Crippen LogP contribution is -2.44. The van der Waals surface area contributed by atoms with Gasteiger partial charge in [0.15, 0.2) is 11.6 Å². The molecule has 0 spiro atoms. The number of allylic oxidation sites excluding steroid dienone is 4. The van der Waals surface area contributed by atoms with Crippen LogP contribution in [0.15, 0.2) is 52.6 Å². The molecule has 1 aliphatic carbocycles. The highest BCUT2D eigenvalue weighted by molar-refractivity contribution is 6.25. The van der Waals surface area contributed by atoms with Crippen LogP contribution in [0.2, 0.25) is 0 Å².